The monoisotopic (exact) mass is 294 g/mol. The van der Waals surface area contributed by atoms with Crippen LogP contribution in [-0.4, -0.2) is 31.5 Å². The number of aliphatic carboxylic acids is 1. The van der Waals surface area contributed by atoms with Crippen LogP contribution < -0.4 is 0 Å². The summed E-state index contributed by atoms with van der Waals surface area (Å²) in [6.45, 7) is 0. The molecule has 19 heavy (non-hydrogen) atoms. The molecule has 0 rings (SSSR count). The molecule has 0 aromatic carbocycles. The van der Waals surface area contributed by atoms with Crippen LogP contribution in [0.3, 0.4) is 0 Å². The number of unbranched alkanes of at least 4 members (excludes halogenated alkanes) is 7. The van der Waals surface area contributed by atoms with Gasteiger partial charge in [0.05, 0.1) is 6.16 Å². The predicted octanol–water partition coefficient (Wildman–Crippen LogP) is 4.07. The first-order valence-corrected chi connectivity index (χ1v) is 8.69. The molecule has 0 aliphatic rings. The molecule has 0 aromatic rings. The van der Waals surface area contributed by atoms with E-state index in [0.717, 1.165) is 51.4 Å². The van der Waals surface area contributed by atoms with Crippen molar-refractivity contribution >= 4 is 13.6 Å². The van der Waals surface area contributed by atoms with Gasteiger partial charge in [-0.15, -0.1) is 0 Å². The van der Waals surface area contributed by atoms with Gasteiger partial charge in [0.1, 0.15) is 0 Å². The van der Waals surface area contributed by atoms with Crippen LogP contribution in [-0.2, 0) is 18.4 Å². The zero-order valence-electron chi connectivity index (χ0n) is 12.1. The van der Waals surface area contributed by atoms with Gasteiger partial charge >= 0.3 is 13.6 Å². The van der Waals surface area contributed by atoms with Gasteiger partial charge in [0, 0.05) is 20.6 Å². The molecule has 1 N–H and O–H groups in total. The van der Waals surface area contributed by atoms with Crippen LogP contribution in [0.4, 0.5) is 0 Å². The molecule has 0 saturated carbocycles. The lowest BCUT2D eigenvalue weighted by Gasteiger charge is -2.12. The van der Waals surface area contributed by atoms with E-state index in [0.29, 0.717) is 6.16 Å². The molecule has 0 radical (unpaired) electrons. The average Bonchev–Trinajstić information content (AvgIpc) is 2.40. The molecule has 0 aromatic heterocycles. The van der Waals surface area contributed by atoms with Crippen molar-refractivity contribution in [3.63, 3.8) is 0 Å². The Kier molecular flexibility index (Phi) is 11.2. The molecule has 0 amide bonds. The van der Waals surface area contributed by atoms with Crippen LogP contribution in [0.25, 0.3) is 0 Å². The summed E-state index contributed by atoms with van der Waals surface area (Å²) >= 11 is 0. The first kappa shape index (κ1) is 18.6. The third-order valence-electron chi connectivity index (χ3n) is 3.13. The van der Waals surface area contributed by atoms with Gasteiger partial charge in [-0.3, -0.25) is 9.36 Å². The Balaban J connectivity index is 3.28. The van der Waals surface area contributed by atoms with Crippen LogP contribution >= 0.6 is 7.60 Å². The number of carboxylic acid groups (broad SMARTS) is 1. The van der Waals surface area contributed by atoms with Gasteiger partial charge in [0.15, 0.2) is 0 Å². The van der Waals surface area contributed by atoms with E-state index < -0.39 is 13.6 Å². The molecule has 0 bridgehead atoms. The van der Waals surface area contributed by atoms with Crippen LogP contribution in [0.15, 0.2) is 0 Å². The van der Waals surface area contributed by atoms with Crippen LogP contribution in [0.2, 0.25) is 0 Å². The maximum Gasteiger partial charge on any atom is 0.330 e. The van der Waals surface area contributed by atoms with Crippen molar-refractivity contribution in [2.24, 2.45) is 0 Å². The second-order valence-corrected chi connectivity index (χ2v) is 7.07. The molecule has 6 heteroatoms. The van der Waals surface area contributed by atoms with E-state index in [9.17, 15) is 9.36 Å². The van der Waals surface area contributed by atoms with Gasteiger partial charge in [-0.05, 0) is 12.8 Å². The molecule has 114 valence electrons. The minimum atomic E-state index is -2.82. The summed E-state index contributed by atoms with van der Waals surface area (Å²) in [5.74, 6) is -0.708. The lowest BCUT2D eigenvalue weighted by molar-refractivity contribution is -0.137. The summed E-state index contributed by atoms with van der Waals surface area (Å²) in [4.78, 5) is 10.3. The smallest absolute Gasteiger partial charge is 0.330 e. The summed E-state index contributed by atoms with van der Waals surface area (Å²) in [7, 11) is 0.0195. The Labute approximate surface area is 116 Å². The van der Waals surface area contributed by atoms with Crippen LogP contribution in [0.5, 0.6) is 0 Å². The maximum absolute atomic E-state index is 11.7. The fourth-order valence-corrected chi connectivity index (χ4v) is 3.02. The van der Waals surface area contributed by atoms with Crippen molar-refractivity contribution in [3.05, 3.63) is 0 Å². The third kappa shape index (κ3) is 11.2. The highest BCUT2D eigenvalue weighted by molar-refractivity contribution is 7.53. The van der Waals surface area contributed by atoms with Gasteiger partial charge in [-0.1, -0.05) is 38.5 Å². The molecule has 0 spiro atoms. The summed E-state index contributed by atoms with van der Waals surface area (Å²) in [6.07, 6.45) is 8.94. The number of hydrogen-bond acceptors (Lipinski definition) is 4. The van der Waals surface area contributed by atoms with Gasteiger partial charge in [0.2, 0.25) is 0 Å². The van der Waals surface area contributed by atoms with Crippen molar-refractivity contribution in [1.82, 2.24) is 0 Å². The average molecular weight is 294 g/mol. The molecule has 0 fully saturated rings. The zero-order valence-corrected chi connectivity index (χ0v) is 13.0. The molecule has 0 heterocycles. The van der Waals surface area contributed by atoms with E-state index in [2.05, 4.69) is 0 Å². The first-order chi connectivity index (χ1) is 9.04. The standard InChI is InChI=1S/C13H27O5P/c1-17-19(16,18-2)12-10-8-6-4-3-5-7-9-11-13(14)15/h3-12H2,1-2H3,(H,14,15). The van der Waals surface area contributed by atoms with E-state index in [4.69, 9.17) is 14.2 Å². The Morgan fingerprint density at radius 3 is 1.74 bits per heavy atom. The van der Waals surface area contributed by atoms with Crippen molar-refractivity contribution in [2.45, 2.75) is 57.8 Å². The summed E-state index contributed by atoms with van der Waals surface area (Å²) in [5.41, 5.74) is 0. The van der Waals surface area contributed by atoms with Gasteiger partial charge < -0.3 is 14.2 Å². The van der Waals surface area contributed by atoms with Crippen molar-refractivity contribution in [1.29, 1.82) is 0 Å². The molecule has 0 unspecified atom stereocenters. The Bertz CT molecular complexity index is 272. The summed E-state index contributed by atoms with van der Waals surface area (Å²) in [5, 5.41) is 8.48. The second-order valence-electron chi connectivity index (χ2n) is 4.67. The maximum atomic E-state index is 11.7. The SMILES string of the molecule is COP(=O)(CCCCCCCCCCC(=O)O)OC. The van der Waals surface area contributed by atoms with E-state index in [-0.39, 0.29) is 6.42 Å². The van der Waals surface area contributed by atoms with Gasteiger partial charge in [0.25, 0.3) is 0 Å². The third-order valence-corrected chi connectivity index (χ3v) is 5.11. The first-order valence-electron chi connectivity index (χ1n) is 6.96. The Morgan fingerprint density at radius 2 is 1.32 bits per heavy atom. The summed E-state index contributed by atoms with van der Waals surface area (Å²) in [6, 6.07) is 0. The topological polar surface area (TPSA) is 72.8 Å². The lowest BCUT2D eigenvalue weighted by Crippen LogP contribution is -1.95. The highest BCUT2D eigenvalue weighted by Crippen LogP contribution is 2.47. The normalized spacial score (nSPS) is 11.7. The Hall–Kier alpha value is -0.380. The highest BCUT2D eigenvalue weighted by atomic mass is 31.2. The summed E-state index contributed by atoms with van der Waals surface area (Å²) < 4.78 is 21.4. The van der Waals surface area contributed by atoms with E-state index >= 15 is 0 Å². The predicted molar refractivity (Wildman–Crippen MR) is 75.7 cm³/mol. The molecular formula is C13H27O5P. The van der Waals surface area contributed by atoms with E-state index in [1.54, 1.807) is 0 Å². The molecule has 0 aliphatic carbocycles. The second kappa shape index (κ2) is 11.4. The van der Waals surface area contributed by atoms with E-state index in [1.807, 2.05) is 0 Å². The largest absolute Gasteiger partial charge is 0.481 e. The van der Waals surface area contributed by atoms with E-state index in [1.165, 1.54) is 14.2 Å². The van der Waals surface area contributed by atoms with Crippen molar-refractivity contribution in [2.75, 3.05) is 20.4 Å². The van der Waals surface area contributed by atoms with Gasteiger partial charge in [-0.2, -0.15) is 0 Å². The lowest BCUT2D eigenvalue weighted by atomic mass is 10.1. The number of rotatable bonds is 13. The van der Waals surface area contributed by atoms with Crippen LogP contribution in [0, 0.1) is 0 Å². The molecule has 0 saturated heterocycles. The fraction of sp³-hybridized carbons (Fsp3) is 0.923. The van der Waals surface area contributed by atoms with Crippen molar-refractivity contribution in [3.8, 4) is 0 Å². The zero-order chi connectivity index (χ0) is 14.6. The van der Waals surface area contributed by atoms with Crippen molar-refractivity contribution < 1.29 is 23.5 Å². The molecule has 0 aliphatic heterocycles. The highest BCUT2D eigenvalue weighted by Gasteiger charge is 2.19. The fourth-order valence-electron chi connectivity index (χ4n) is 1.90. The minimum Gasteiger partial charge on any atom is -0.481 e. The van der Waals surface area contributed by atoms with Gasteiger partial charge in [-0.25, -0.2) is 0 Å². The molecule has 5 nitrogen and oxygen atoms in total. The molecular weight excluding hydrogens is 267 g/mol. The number of carbonyl (C=O) groups is 1. The minimum absolute atomic E-state index is 0.281. The number of hydrogen-bond donors (Lipinski definition) is 1. The van der Waals surface area contributed by atoms with Crippen LogP contribution in [0.1, 0.15) is 57.8 Å². The Morgan fingerprint density at radius 1 is 0.895 bits per heavy atom. The quantitative estimate of drug-likeness (QED) is 0.409. The molecule has 0 atom stereocenters. The number of carboxylic acids is 1.